The maximum Gasteiger partial charge on any atom is 0.333 e. The SMILES string of the molecule is CCC1(C)Oc2ccccc2CC(CCOS(N)(=O)=O)O1. The van der Waals surface area contributed by atoms with Crippen molar-refractivity contribution >= 4 is 10.3 Å². The number of nitrogens with two attached hydrogens (primary N) is 1. The van der Waals surface area contributed by atoms with Crippen LogP contribution in [0.3, 0.4) is 0 Å². The fourth-order valence-electron chi connectivity index (χ4n) is 2.28. The third-order valence-corrected chi connectivity index (χ3v) is 3.99. The van der Waals surface area contributed by atoms with Gasteiger partial charge in [-0.05, 0) is 18.1 Å². The van der Waals surface area contributed by atoms with Crippen LogP contribution < -0.4 is 9.88 Å². The Morgan fingerprint density at radius 1 is 1.43 bits per heavy atom. The molecule has 0 radical (unpaired) electrons. The van der Waals surface area contributed by atoms with E-state index < -0.39 is 16.1 Å². The molecule has 2 N–H and O–H groups in total. The molecular weight excluding hydrogens is 294 g/mol. The summed E-state index contributed by atoms with van der Waals surface area (Å²) in [4.78, 5) is 0. The minimum absolute atomic E-state index is 0.00847. The van der Waals surface area contributed by atoms with E-state index in [4.69, 9.17) is 14.6 Å². The zero-order valence-electron chi connectivity index (χ0n) is 12.2. The van der Waals surface area contributed by atoms with Crippen LogP contribution in [-0.2, 0) is 25.6 Å². The number of para-hydroxylation sites is 1. The lowest BCUT2D eigenvalue weighted by Crippen LogP contribution is -2.38. The lowest BCUT2D eigenvalue weighted by atomic mass is 10.1. The fourth-order valence-corrected chi connectivity index (χ4v) is 2.61. The van der Waals surface area contributed by atoms with Crippen molar-refractivity contribution in [3.63, 3.8) is 0 Å². The first-order chi connectivity index (χ1) is 9.81. The van der Waals surface area contributed by atoms with Crippen LogP contribution >= 0.6 is 0 Å². The normalized spacial score (nSPS) is 25.8. The number of hydrogen-bond donors (Lipinski definition) is 1. The molecule has 0 amide bonds. The van der Waals surface area contributed by atoms with Gasteiger partial charge in [0.25, 0.3) is 0 Å². The number of hydrogen-bond acceptors (Lipinski definition) is 5. The first kappa shape index (κ1) is 16.2. The van der Waals surface area contributed by atoms with Crippen LogP contribution in [0.2, 0.25) is 0 Å². The highest BCUT2D eigenvalue weighted by atomic mass is 32.2. The zero-order chi connectivity index (χ0) is 15.5. The first-order valence-electron chi connectivity index (χ1n) is 6.93. The van der Waals surface area contributed by atoms with Crippen molar-refractivity contribution in [3.8, 4) is 5.75 Å². The lowest BCUT2D eigenvalue weighted by molar-refractivity contribution is -0.197. The predicted octanol–water partition coefficient (Wildman–Crippen LogP) is 1.74. The van der Waals surface area contributed by atoms with Gasteiger partial charge in [-0.25, -0.2) is 5.14 Å². The molecule has 0 fully saturated rings. The van der Waals surface area contributed by atoms with E-state index in [1.54, 1.807) is 0 Å². The van der Waals surface area contributed by atoms with Crippen LogP contribution in [0.25, 0.3) is 0 Å². The molecule has 7 heteroatoms. The molecule has 0 saturated heterocycles. The fraction of sp³-hybridized carbons (Fsp3) is 0.571. The Labute approximate surface area is 125 Å². The van der Waals surface area contributed by atoms with Crippen molar-refractivity contribution in [2.45, 2.75) is 45.0 Å². The van der Waals surface area contributed by atoms with Gasteiger partial charge < -0.3 is 9.47 Å². The Bertz CT molecular complexity index is 589. The molecular formula is C14H21NO5S. The molecule has 2 rings (SSSR count). The maximum absolute atomic E-state index is 10.8. The summed E-state index contributed by atoms with van der Waals surface area (Å²) in [7, 11) is -3.92. The Kier molecular flexibility index (Phi) is 4.88. The Morgan fingerprint density at radius 3 is 2.81 bits per heavy atom. The van der Waals surface area contributed by atoms with Crippen LogP contribution in [0, 0.1) is 0 Å². The topological polar surface area (TPSA) is 87.9 Å². The molecule has 1 aromatic rings. The zero-order valence-corrected chi connectivity index (χ0v) is 13.1. The second-order valence-corrected chi connectivity index (χ2v) is 6.47. The van der Waals surface area contributed by atoms with Gasteiger partial charge in [0.2, 0.25) is 5.79 Å². The van der Waals surface area contributed by atoms with E-state index in [2.05, 4.69) is 4.18 Å². The average molecular weight is 315 g/mol. The van der Waals surface area contributed by atoms with Gasteiger partial charge in [-0.15, -0.1) is 0 Å². The molecule has 1 heterocycles. The molecule has 1 aromatic carbocycles. The molecule has 0 saturated carbocycles. The van der Waals surface area contributed by atoms with Gasteiger partial charge in [0.15, 0.2) is 0 Å². The van der Waals surface area contributed by atoms with Crippen LogP contribution in [-0.4, -0.2) is 26.9 Å². The molecule has 118 valence electrons. The molecule has 0 aromatic heterocycles. The third-order valence-electron chi connectivity index (χ3n) is 3.49. The van der Waals surface area contributed by atoms with E-state index in [0.29, 0.717) is 19.3 Å². The largest absolute Gasteiger partial charge is 0.462 e. The van der Waals surface area contributed by atoms with Crippen molar-refractivity contribution in [3.05, 3.63) is 29.8 Å². The average Bonchev–Trinajstić information content (AvgIpc) is 2.53. The van der Waals surface area contributed by atoms with Gasteiger partial charge in [-0.2, -0.15) is 8.42 Å². The van der Waals surface area contributed by atoms with Crippen molar-refractivity contribution in [2.75, 3.05) is 6.61 Å². The van der Waals surface area contributed by atoms with E-state index in [-0.39, 0.29) is 12.7 Å². The van der Waals surface area contributed by atoms with Crippen LogP contribution in [0.4, 0.5) is 0 Å². The molecule has 21 heavy (non-hydrogen) atoms. The number of fused-ring (bicyclic) bond motifs is 1. The summed E-state index contributed by atoms with van der Waals surface area (Å²) in [5, 5.41) is 4.82. The minimum atomic E-state index is -3.92. The molecule has 0 aliphatic carbocycles. The summed E-state index contributed by atoms with van der Waals surface area (Å²) in [6.07, 6.45) is 1.54. The highest BCUT2D eigenvalue weighted by Crippen LogP contribution is 2.33. The number of benzene rings is 1. The van der Waals surface area contributed by atoms with Gasteiger partial charge >= 0.3 is 10.3 Å². The van der Waals surface area contributed by atoms with Crippen molar-refractivity contribution in [1.82, 2.24) is 0 Å². The summed E-state index contributed by atoms with van der Waals surface area (Å²) < 4.78 is 38.2. The number of ether oxygens (including phenoxy) is 2. The van der Waals surface area contributed by atoms with Crippen molar-refractivity contribution < 1.29 is 22.1 Å². The molecule has 0 spiro atoms. The predicted molar refractivity (Wildman–Crippen MR) is 78.0 cm³/mol. The Hall–Kier alpha value is -1.15. The second-order valence-electron chi connectivity index (χ2n) is 5.24. The summed E-state index contributed by atoms with van der Waals surface area (Å²) in [5.41, 5.74) is 1.04. The summed E-state index contributed by atoms with van der Waals surface area (Å²) in [6.45, 7) is 3.85. The van der Waals surface area contributed by atoms with E-state index >= 15 is 0 Å². The summed E-state index contributed by atoms with van der Waals surface area (Å²) >= 11 is 0. The third kappa shape index (κ3) is 4.67. The number of rotatable bonds is 5. The van der Waals surface area contributed by atoms with E-state index in [9.17, 15) is 8.42 Å². The smallest absolute Gasteiger partial charge is 0.333 e. The monoisotopic (exact) mass is 315 g/mol. The highest BCUT2D eigenvalue weighted by Gasteiger charge is 2.33. The Morgan fingerprint density at radius 2 is 2.14 bits per heavy atom. The molecule has 1 aliphatic heterocycles. The van der Waals surface area contributed by atoms with Gasteiger partial charge in [0, 0.05) is 19.8 Å². The van der Waals surface area contributed by atoms with Crippen LogP contribution in [0.5, 0.6) is 5.75 Å². The van der Waals surface area contributed by atoms with Gasteiger partial charge in [-0.1, -0.05) is 25.1 Å². The summed E-state index contributed by atoms with van der Waals surface area (Å²) in [6, 6.07) is 7.75. The molecule has 2 atom stereocenters. The minimum Gasteiger partial charge on any atom is -0.462 e. The first-order valence-corrected chi connectivity index (χ1v) is 8.40. The second kappa shape index (κ2) is 6.31. The quantitative estimate of drug-likeness (QED) is 0.894. The van der Waals surface area contributed by atoms with Crippen LogP contribution in [0.15, 0.2) is 24.3 Å². The maximum atomic E-state index is 10.8. The molecule has 2 unspecified atom stereocenters. The standard InChI is InChI=1S/C14H21NO5S/c1-3-14(2)19-12(8-9-18-21(15,16)17)10-11-6-4-5-7-13(11)20-14/h4-7,12H,3,8-10H2,1-2H3,(H2,15,16,17). The Balaban J connectivity index is 2.11. The highest BCUT2D eigenvalue weighted by molar-refractivity contribution is 7.84. The molecule has 6 nitrogen and oxygen atoms in total. The summed E-state index contributed by atoms with van der Waals surface area (Å²) in [5.74, 6) is 0.0653. The van der Waals surface area contributed by atoms with Gasteiger partial charge in [0.05, 0.1) is 12.7 Å². The van der Waals surface area contributed by atoms with Crippen LogP contribution in [0.1, 0.15) is 32.3 Å². The van der Waals surface area contributed by atoms with E-state index in [0.717, 1.165) is 11.3 Å². The molecule has 0 bridgehead atoms. The van der Waals surface area contributed by atoms with E-state index in [1.807, 2.05) is 38.1 Å². The van der Waals surface area contributed by atoms with Gasteiger partial charge in [0.1, 0.15) is 5.75 Å². The van der Waals surface area contributed by atoms with Gasteiger partial charge in [-0.3, -0.25) is 4.18 Å². The lowest BCUT2D eigenvalue weighted by Gasteiger charge is -2.30. The van der Waals surface area contributed by atoms with E-state index in [1.165, 1.54) is 0 Å². The van der Waals surface area contributed by atoms with Crippen molar-refractivity contribution in [2.24, 2.45) is 5.14 Å². The van der Waals surface area contributed by atoms with Crippen molar-refractivity contribution in [1.29, 1.82) is 0 Å². The molecule has 1 aliphatic rings.